The fourth-order valence-corrected chi connectivity index (χ4v) is 10.4. The molecule has 1 nitrogen and oxygen atoms in total. The highest BCUT2D eigenvalue weighted by Gasteiger charge is 2.37. The number of rotatable bonds is 6. The van der Waals surface area contributed by atoms with Crippen LogP contribution < -0.4 is 4.90 Å². The van der Waals surface area contributed by atoms with E-state index in [2.05, 4.69) is 202 Å². The van der Waals surface area contributed by atoms with E-state index >= 15 is 0 Å². The molecule has 3 aliphatic carbocycles. The molecule has 11 rings (SSSR count). The summed E-state index contributed by atoms with van der Waals surface area (Å²) in [7, 11) is 0. The van der Waals surface area contributed by atoms with Crippen LogP contribution >= 0.6 is 0 Å². The Hall–Kier alpha value is -6.18. The molecule has 0 radical (unpaired) electrons. The van der Waals surface area contributed by atoms with Crippen molar-refractivity contribution in [3.05, 3.63) is 198 Å². The Kier molecular flexibility index (Phi) is 7.58. The first-order chi connectivity index (χ1) is 27.8. The summed E-state index contributed by atoms with van der Waals surface area (Å²) < 4.78 is 0. The summed E-state index contributed by atoms with van der Waals surface area (Å²) in [6.45, 7) is 9.50. The Balaban J connectivity index is 1.15. The highest BCUT2D eigenvalue weighted by atomic mass is 15.1. The third-order valence-electron chi connectivity index (χ3n) is 13.7. The molecule has 1 saturated carbocycles. The first kappa shape index (κ1) is 34.1. The van der Waals surface area contributed by atoms with Crippen molar-refractivity contribution in [1.29, 1.82) is 0 Å². The van der Waals surface area contributed by atoms with Gasteiger partial charge in [0.1, 0.15) is 0 Å². The predicted molar refractivity (Wildman–Crippen MR) is 241 cm³/mol. The van der Waals surface area contributed by atoms with Crippen LogP contribution in [0.5, 0.6) is 0 Å². The summed E-state index contributed by atoms with van der Waals surface area (Å²) in [5.74, 6) is 0.688. The van der Waals surface area contributed by atoms with Gasteiger partial charge >= 0.3 is 0 Å². The van der Waals surface area contributed by atoms with Crippen LogP contribution in [0.1, 0.15) is 80.7 Å². The second-order valence-corrected chi connectivity index (χ2v) is 17.7. The molecule has 0 unspecified atom stereocenters. The molecule has 0 saturated heterocycles. The zero-order valence-electron chi connectivity index (χ0n) is 33.3. The molecule has 276 valence electrons. The van der Waals surface area contributed by atoms with Gasteiger partial charge in [0.2, 0.25) is 0 Å². The van der Waals surface area contributed by atoms with Crippen molar-refractivity contribution in [3.8, 4) is 44.5 Å². The van der Waals surface area contributed by atoms with E-state index in [0.717, 1.165) is 11.4 Å². The second-order valence-electron chi connectivity index (χ2n) is 17.7. The van der Waals surface area contributed by atoms with Crippen LogP contribution in [0.3, 0.4) is 0 Å². The molecular weight excluding hydrogens is 687 g/mol. The molecule has 0 spiro atoms. The van der Waals surface area contributed by atoms with Crippen molar-refractivity contribution in [2.45, 2.75) is 63.7 Å². The minimum Gasteiger partial charge on any atom is -0.310 e. The Morgan fingerprint density at radius 1 is 0.439 bits per heavy atom. The van der Waals surface area contributed by atoms with E-state index in [1.807, 2.05) is 0 Å². The third kappa shape index (κ3) is 5.21. The van der Waals surface area contributed by atoms with Crippen LogP contribution in [0.2, 0.25) is 0 Å². The largest absolute Gasteiger partial charge is 0.310 e. The summed E-state index contributed by atoms with van der Waals surface area (Å²) in [4.78, 5) is 2.53. The van der Waals surface area contributed by atoms with E-state index in [1.54, 1.807) is 0 Å². The Bertz CT molecular complexity index is 2900. The van der Waals surface area contributed by atoms with Gasteiger partial charge < -0.3 is 4.90 Å². The van der Waals surface area contributed by atoms with Gasteiger partial charge in [-0.05, 0) is 133 Å². The lowest BCUT2D eigenvalue weighted by molar-refractivity contribution is 0.420. The average Bonchev–Trinajstić information content (AvgIpc) is 3.59. The molecule has 0 N–H and O–H groups in total. The monoisotopic (exact) mass is 733 g/mol. The summed E-state index contributed by atoms with van der Waals surface area (Å²) in [5, 5.41) is 2.50. The van der Waals surface area contributed by atoms with Gasteiger partial charge in [0.05, 0.1) is 5.69 Å². The van der Waals surface area contributed by atoms with Crippen LogP contribution in [0, 0.1) is 0 Å². The van der Waals surface area contributed by atoms with Gasteiger partial charge in [0.15, 0.2) is 0 Å². The maximum Gasteiger partial charge on any atom is 0.0546 e. The number of anilines is 3. The Labute approximate surface area is 337 Å². The summed E-state index contributed by atoms with van der Waals surface area (Å²) >= 11 is 0. The SMILES string of the molecule is CC1(C)c2ccccc2-c2cc(N(c3cccc(-c4cccc(C5CCC5)c4)c3)c3ccc4ccccc4c3-c3ccc4c(c3)C(C)(C)c3ccccc3-4)ccc21. The summed E-state index contributed by atoms with van der Waals surface area (Å²) in [5.41, 5.74) is 20.7. The second kappa shape index (κ2) is 12.7. The molecule has 0 aromatic heterocycles. The first-order valence-corrected chi connectivity index (χ1v) is 20.8. The van der Waals surface area contributed by atoms with Gasteiger partial charge in [-0.1, -0.05) is 168 Å². The third-order valence-corrected chi connectivity index (χ3v) is 13.7. The zero-order valence-corrected chi connectivity index (χ0v) is 33.3. The number of fused-ring (bicyclic) bond motifs is 7. The maximum atomic E-state index is 2.53. The van der Waals surface area contributed by atoms with E-state index in [9.17, 15) is 0 Å². The molecule has 1 heteroatoms. The van der Waals surface area contributed by atoms with Gasteiger partial charge in [0, 0.05) is 27.8 Å². The molecule has 8 aromatic rings. The van der Waals surface area contributed by atoms with Crippen LogP contribution in [0.15, 0.2) is 170 Å². The minimum atomic E-state index is -0.102. The van der Waals surface area contributed by atoms with Crippen molar-refractivity contribution in [2.75, 3.05) is 4.90 Å². The molecule has 0 atom stereocenters. The normalized spacial score (nSPS) is 15.7. The van der Waals surface area contributed by atoms with Crippen LogP contribution in [-0.4, -0.2) is 0 Å². The molecule has 3 aliphatic rings. The van der Waals surface area contributed by atoms with Crippen molar-refractivity contribution in [2.24, 2.45) is 0 Å². The Morgan fingerprint density at radius 2 is 1.07 bits per heavy atom. The standard InChI is InChI=1S/C56H47N/c1-55(2)50-25-10-8-23-46(50)48-35-43(28-30-51(48)55)57(42-20-13-19-40(33-42)39-18-12-17-38(32-39)36-15-11-16-36)53-31-27-37-14-5-6-21-44(37)54(53)41-26-29-47-45-22-7-9-24-49(45)56(3,4)52(47)34-41/h5-10,12-14,17-36H,11,15-16H2,1-4H3. The smallest absolute Gasteiger partial charge is 0.0546 e. The van der Waals surface area contributed by atoms with Gasteiger partial charge in [0.25, 0.3) is 0 Å². The first-order valence-electron chi connectivity index (χ1n) is 20.8. The fraction of sp³-hybridized carbons (Fsp3) is 0.179. The zero-order chi connectivity index (χ0) is 38.5. The van der Waals surface area contributed by atoms with Crippen molar-refractivity contribution >= 4 is 27.8 Å². The quantitative estimate of drug-likeness (QED) is 0.164. The summed E-state index contributed by atoms with van der Waals surface area (Å²) in [6, 6.07) is 64.5. The predicted octanol–water partition coefficient (Wildman–Crippen LogP) is 15.5. The molecule has 0 heterocycles. The lowest BCUT2D eigenvalue weighted by atomic mass is 9.79. The lowest BCUT2D eigenvalue weighted by Gasteiger charge is -2.30. The Morgan fingerprint density at radius 3 is 1.84 bits per heavy atom. The minimum absolute atomic E-state index is 0.0659. The van der Waals surface area contributed by atoms with E-state index in [4.69, 9.17) is 0 Å². The van der Waals surface area contributed by atoms with Crippen molar-refractivity contribution < 1.29 is 0 Å². The van der Waals surface area contributed by atoms with E-state index in [1.165, 1.54) is 108 Å². The van der Waals surface area contributed by atoms with Crippen molar-refractivity contribution in [1.82, 2.24) is 0 Å². The lowest BCUT2D eigenvalue weighted by Crippen LogP contribution is -2.16. The van der Waals surface area contributed by atoms with Crippen molar-refractivity contribution in [3.63, 3.8) is 0 Å². The molecule has 0 bridgehead atoms. The van der Waals surface area contributed by atoms with Gasteiger partial charge in [-0.25, -0.2) is 0 Å². The molecule has 57 heavy (non-hydrogen) atoms. The molecular formula is C56H47N. The van der Waals surface area contributed by atoms with Gasteiger partial charge in [-0.15, -0.1) is 0 Å². The van der Waals surface area contributed by atoms with Crippen LogP contribution in [0.25, 0.3) is 55.3 Å². The van der Waals surface area contributed by atoms with Gasteiger partial charge in [-0.2, -0.15) is 0 Å². The molecule has 0 aliphatic heterocycles. The van der Waals surface area contributed by atoms with E-state index in [-0.39, 0.29) is 10.8 Å². The molecule has 0 amide bonds. The number of hydrogen-bond acceptors (Lipinski definition) is 1. The number of nitrogens with zero attached hydrogens (tertiary/aromatic N) is 1. The maximum absolute atomic E-state index is 2.53. The molecule has 1 fully saturated rings. The van der Waals surface area contributed by atoms with Crippen LogP contribution in [-0.2, 0) is 10.8 Å². The van der Waals surface area contributed by atoms with Crippen LogP contribution in [0.4, 0.5) is 17.1 Å². The summed E-state index contributed by atoms with van der Waals surface area (Å²) in [6.07, 6.45) is 3.93. The highest BCUT2D eigenvalue weighted by Crippen LogP contribution is 2.54. The number of hydrogen-bond donors (Lipinski definition) is 0. The highest BCUT2D eigenvalue weighted by molar-refractivity contribution is 6.06. The fourth-order valence-electron chi connectivity index (χ4n) is 10.4. The number of benzene rings is 8. The van der Waals surface area contributed by atoms with E-state index in [0.29, 0.717) is 5.92 Å². The van der Waals surface area contributed by atoms with E-state index < -0.39 is 0 Å². The van der Waals surface area contributed by atoms with Gasteiger partial charge in [-0.3, -0.25) is 0 Å². The topological polar surface area (TPSA) is 3.24 Å². The average molecular weight is 734 g/mol. The molecule has 8 aromatic carbocycles.